The Bertz CT molecular complexity index is 641. The van der Waals surface area contributed by atoms with Gasteiger partial charge in [0.25, 0.3) is 5.91 Å². The molecule has 0 aliphatic carbocycles. The Balaban J connectivity index is 2.03. The first-order valence-corrected chi connectivity index (χ1v) is 7.35. The van der Waals surface area contributed by atoms with Crippen molar-refractivity contribution in [3.8, 4) is 0 Å². The van der Waals surface area contributed by atoms with Crippen LogP contribution in [0.4, 0.5) is 4.39 Å². The van der Waals surface area contributed by atoms with Crippen LogP contribution in [0.25, 0.3) is 0 Å². The van der Waals surface area contributed by atoms with Crippen molar-refractivity contribution in [3.05, 3.63) is 45.9 Å². The van der Waals surface area contributed by atoms with Crippen molar-refractivity contribution in [3.63, 3.8) is 0 Å². The van der Waals surface area contributed by atoms with Crippen LogP contribution in [-0.4, -0.2) is 22.4 Å². The van der Waals surface area contributed by atoms with E-state index in [9.17, 15) is 9.18 Å². The summed E-state index contributed by atoms with van der Waals surface area (Å²) in [5.41, 5.74) is 5.93. The van der Waals surface area contributed by atoms with E-state index in [0.29, 0.717) is 12.2 Å². The molecule has 5 nitrogen and oxygen atoms in total. The Morgan fingerprint density at radius 3 is 2.95 bits per heavy atom. The lowest BCUT2D eigenvalue weighted by molar-refractivity contribution is 0.0945. The molecule has 0 spiro atoms. The molecule has 2 rings (SSSR count). The van der Waals surface area contributed by atoms with Crippen LogP contribution in [0.15, 0.2) is 23.7 Å². The maximum Gasteiger partial charge on any atom is 0.271 e. The fourth-order valence-corrected chi connectivity index (χ4v) is 2.52. The molecule has 112 valence electrons. The molecule has 3 N–H and O–H groups in total. The van der Waals surface area contributed by atoms with Crippen molar-refractivity contribution < 1.29 is 9.18 Å². The molecule has 2 aromatic heterocycles. The third-order valence-electron chi connectivity index (χ3n) is 3.08. The van der Waals surface area contributed by atoms with E-state index in [2.05, 4.69) is 15.3 Å². The fraction of sp³-hybridized carbons (Fsp3) is 0.357. The summed E-state index contributed by atoms with van der Waals surface area (Å²) in [4.78, 5) is 20.2. The molecule has 0 radical (unpaired) electrons. The topological polar surface area (TPSA) is 80.9 Å². The summed E-state index contributed by atoms with van der Waals surface area (Å²) in [6.07, 6.45) is 1.48. The minimum atomic E-state index is -0.443. The van der Waals surface area contributed by atoms with E-state index < -0.39 is 5.82 Å². The second kappa shape index (κ2) is 6.28. The van der Waals surface area contributed by atoms with Gasteiger partial charge in [-0.15, -0.1) is 11.3 Å². The number of hydrogen-bond donors (Lipinski definition) is 2. The van der Waals surface area contributed by atoms with Gasteiger partial charge < -0.3 is 11.1 Å². The average molecular weight is 308 g/mol. The van der Waals surface area contributed by atoms with Gasteiger partial charge in [0.15, 0.2) is 0 Å². The number of hydrogen-bond acceptors (Lipinski definition) is 5. The minimum Gasteiger partial charge on any atom is -0.345 e. The Morgan fingerprint density at radius 1 is 1.52 bits per heavy atom. The molecular weight excluding hydrogens is 291 g/mol. The quantitative estimate of drug-likeness (QED) is 0.883. The number of carbonyl (C=O) groups is 1. The van der Waals surface area contributed by atoms with Gasteiger partial charge in [-0.1, -0.05) is 13.8 Å². The molecular formula is C14H17FN4OS. The predicted octanol–water partition coefficient (Wildman–Crippen LogP) is 1.84. The van der Waals surface area contributed by atoms with Gasteiger partial charge in [-0.25, -0.2) is 9.37 Å². The Morgan fingerprint density at radius 2 is 2.29 bits per heavy atom. The Hall–Kier alpha value is -1.86. The average Bonchev–Trinajstić information content (AvgIpc) is 2.97. The van der Waals surface area contributed by atoms with Crippen LogP contribution in [0.1, 0.15) is 35.0 Å². The molecule has 1 amide bonds. The summed E-state index contributed by atoms with van der Waals surface area (Å²) in [7, 11) is 0. The summed E-state index contributed by atoms with van der Waals surface area (Å²) in [5, 5.41) is 5.09. The van der Waals surface area contributed by atoms with Gasteiger partial charge in [0.1, 0.15) is 16.5 Å². The number of nitrogens with zero attached hydrogens (tertiary/aromatic N) is 2. The number of pyridine rings is 1. The molecule has 2 heterocycles. The fourth-order valence-electron chi connectivity index (χ4n) is 1.58. The third-order valence-corrected chi connectivity index (χ3v) is 4.29. The standard InChI is InChI=1S/C14H17FN4OS/c1-14(2,8-16)13-19-11(7-21-13)12(20)18-6-10-9(15)4-3-5-17-10/h3-5,7H,6,8,16H2,1-2H3,(H,18,20). The smallest absolute Gasteiger partial charge is 0.271 e. The summed E-state index contributed by atoms with van der Waals surface area (Å²) >= 11 is 1.39. The van der Waals surface area contributed by atoms with Crippen LogP contribution < -0.4 is 11.1 Å². The van der Waals surface area contributed by atoms with Gasteiger partial charge in [-0.2, -0.15) is 0 Å². The van der Waals surface area contributed by atoms with E-state index >= 15 is 0 Å². The van der Waals surface area contributed by atoms with Crippen molar-refractivity contribution in [2.45, 2.75) is 25.8 Å². The van der Waals surface area contributed by atoms with Gasteiger partial charge in [0.05, 0.1) is 12.2 Å². The van der Waals surface area contributed by atoms with Crippen LogP contribution >= 0.6 is 11.3 Å². The van der Waals surface area contributed by atoms with Gasteiger partial charge in [-0.3, -0.25) is 9.78 Å². The van der Waals surface area contributed by atoms with E-state index in [4.69, 9.17) is 5.73 Å². The molecule has 0 saturated heterocycles. The van der Waals surface area contributed by atoms with E-state index in [1.54, 1.807) is 5.38 Å². The van der Waals surface area contributed by atoms with Crippen LogP contribution in [-0.2, 0) is 12.0 Å². The molecule has 0 bridgehead atoms. The highest BCUT2D eigenvalue weighted by Crippen LogP contribution is 2.25. The summed E-state index contributed by atoms with van der Waals surface area (Å²) < 4.78 is 13.4. The Kier molecular flexibility index (Phi) is 4.64. The molecule has 0 unspecified atom stereocenters. The second-order valence-electron chi connectivity index (χ2n) is 5.24. The maximum atomic E-state index is 13.4. The molecule has 0 aliphatic heterocycles. The maximum absolute atomic E-state index is 13.4. The summed E-state index contributed by atoms with van der Waals surface area (Å²) in [5.74, 6) is -0.795. The largest absolute Gasteiger partial charge is 0.345 e. The number of amides is 1. The number of carbonyl (C=O) groups excluding carboxylic acids is 1. The molecule has 0 fully saturated rings. The highest BCUT2D eigenvalue weighted by atomic mass is 32.1. The van der Waals surface area contributed by atoms with Crippen LogP contribution in [0.5, 0.6) is 0 Å². The lowest BCUT2D eigenvalue weighted by Crippen LogP contribution is -2.29. The molecule has 0 aliphatic rings. The van der Waals surface area contributed by atoms with Crippen molar-refractivity contribution >= 4 is 17.2 Å². The first-order valence-electron chi connectivity index (χ1n) is 6.47. The molecule has 0 atom stereocenters. The van der Waals surface area contributed by atoms with Gasteiger partial charge in [0.2, 0.25) is 0 Å². The number of thiazole rings is 1. The van der Waals surface area contributed by atoms with Crippen LogP contribution in [0, 0.1) is 5.82 Å². The minimum absolute atomic E-state index is 0.0264. The lowest BCUT2D eigenvalue weighted by atomic mass is 9.95. The lowest BCUT2D eigenvalue weighted by Gasteiger charge is -2.18. The number of rotatable bonds is 5. The van der Waals surface area contributed by atoms with E-state index in [1.807, 2.05) is 13.8 Å². The van der Waals surface area contributed by atoms with E-state index in [-0.39, 0.29) is 23.6 Å². The normalized spacial score (nSPS) is 11.4. The van der Waals surface area contributed by atoms with Gasteiger partial charge in [-0.05, 0) is 12.1 Å². The highest BCUT2D eigenvalue weighted by Gasteiger charge is 2.24. The number of aromatic nitrogens is 2. The number of halogens is 1. The number of nitrogens with two attached hydrogens (primary N) is 1. The first-order chi connectivity index (χ1) is 9.94. The Labute approximate surface area is 126 Å². The molecule has 21 heavy (non-hydrogen) atoms. The molecule has 0 saturated carbocycles. The van der Waals surface area contributed by atoms with Gasteiger partial charge in [0, 0.05) is 23.5 Å². The zero-order chi connectivity index (χ0) is 15.5. The van der Waals surface area contributed by atoms with Crippen LogP contribution in [0.3, 0.4) is 0 Å². The molecule has 2 aromatic rings. The first kappa shape index (κ1) is 15.5. The zero-order valence-electron chi connectivity index (χ0n) is 11.9. The monoisotopic (exact) mass is 308 g/mol. The summed E-state index contributed by atoms with van der Waals surface area (Å²) in [6.45, 7) is 4.41. The van der Waals surface area contributed by atoms with Crippen molar-refractivity contribution in [1.29, 1.82) is 0 Å². The zero-order valence-corrected chi connectivity index (χ0v) is 12.7. The third kappa shape index (κ3) is 3.62. The SMILES string of the molecule is CC(C)(CN)c1nc(C(=O)NCc2ncccc2F)cs1. The van der Waals surface area contributed by atoms with E-state index in [1.165, 1.54) is 29.7 Å². The predicted molar refractivity (Wildman–Crippen MR) is 79.6 cm³/mol. The highest BCUT2D eigenvalue weighted by molar-refractivity contribution is 7.10. The van der Waals surface area contributed by atoms with Crippen LogP contribution in [0.2, 0.25) is 0 Å². The number of nitrogens with one attached hydrogen (secondary N) is 1. The second-order valence-corrected chi connectivity index (χ2v) is 6.10. The van der Waals surface area contributed by atoms with E-state index in [0.717, 1.165) is 5.01 Å². The molecule has 7 heteroatoms. The van der Waals surface area contributed by atoms with Crippen molar-refractivity contribution in [2.24, 2.45) is 5.73 Å². The van der Waals surface area contributed by atoms with Gasteiger partial charge >= 0.3 is 0 Å². The van der Waals surface area contributed by atoms with Crippen molar-refractivity contribution in [2.75, 3.05) is 6.54 Å². The van der Waals surface area contributed by atoms with Crippen molar-refractivity contribution in [1.82, 2.24) is 15.3 Å². The summed E-state index contributed by atoms with van der Waals surface area (Å²) in [6, 6.07) is 2.81. The molecule has 0 aromatic carbocycles.